The zero-order valence-corrected chi connectivity index (χ0v) is 7.89. The minimum atomic E-state index is 0.624. The Kier molecular flexibility index (Phi) is 2.63. The predicted octanol–water partition coefficient (Wildman–Crippen LogP) is 1.49. The van der Waals surface area contributed by atoms with Gasteiger partial charge < -0.3 is 5.73 Å². The SMILES string of the molecule is CCc1nc(N)c(C)c(CC)n1. The summed E-state index contributed by atoms with van der Waals surface area (Å²) in [5, 5.41) is 0. The molecule has 2 N–H and O–H groups in total. The highest BCUT2D eigenvalue weighted by Gasteiger charge is 2.04. The van der Waals surface area contributed by atoms with E-state index in [1.54, 1.807) is 0 Å². The summed E-state index contributed by atoms with van der Waals surface area (Å²) in [5.41, 5.74) is 7.81. The van der Waals surface area contributed by atoms with Crippen LogP contribution in [0, 0.1) is 6.92 Å². The molecule has 0 amide bonds. The first kappa shape index (κ1) is 8.97. The molecule has 0 radical (unpaired) electrons. The van der Waals surface area contributed by atoms with Crippen LogP contribution >= 0.6 is 0 Å². The van der Waals surface area contributed by atoms with E-state index in [2.05, 4.69) is 16.9 Å². The number of nitrogens with two attached hydrogens (primary N) is 1. The third-order valence-corrected chi connectivity index (χ3v) is 1.98. The zero-order chi connectivity index (χ0) is 9.14. The summed E-state index contributed by atoms with van der Waals surface area (Å²) in [6.07, 6.45) is 1.77. The van der Waals surface area contributed by atoms with Gasteiger partial charge in [-0.15, -0.1) is 0 Å². The van der Waals surface area contributed by atoms with Gasteiger partial charge in [0.05, 0.1) is 0 Å². The summed E-state index contributed by atoms with van der Waals surface area (Å²) < 4.78 is 0. The van der Waals surface area contributed by atoms with Gasteiger partial charge in [0.25, 0.3) is 0 Å². The van der Waals surface area contributed by atoms with Crippen LogP contribution in [-0.4, -0.2) is 9.97 Å². The minimum absolute atomic E-state index is 0.624. The number of nitrogen functional groups attached to an aromatic ring is 1. The molecule has 0 bridgehead atoms. The van der Waals surface area contributed by atoms with E-state index in [0.29, 0.717) is 5.82 Å². The fraction of sp³-hybridized carbons (Fsp3) is 0.556. The van der Waals surface area contributed by atoms with Gasteiger partial charge in [0.1, 0.15) is 11.6 Å². The second-order valence-electron chi connectivity index (χ2n) is 2.80. The number of nitrogens with zero attached hydrogens (tertiary/aromatic N) is 2. The highest BCUT2D eigenvalue weighted by atomic mass is 14.9. The van der Waals surface area contributed by atoms with E-state index in [1.807, 2.05) is 13.8 Å². The van der Waals surface area contributed by atoms with Crippen molar-refractivity contribution in [3.05, 3.63) is 17.1 Å². The lowest BCUT2D eigenvalue weighted by molar-refractivity contribution is 0.878. The summed E-state index contributed by atoms with van der Waals surface area (Å²) in [5.74, 6) is 1.47. The number of anilines is 1. The molecule has 0 aliphatic heterocycles. The zero-order valence-electron chi connectivity index (χ0n) is 7.89. The van der Waals surface area contributed by atoms with Crippen molar-refractivity contribution < 1.29 is 0 Å². The van der Waals surface area contributed by atoms with Gasteiger partial charge in [-0.05, 0) is 13.3 Å². The molecule has 1 heterocycles. The molecule has 3 nitrogen and oxygen atoms in total. The normalized spacial score (nSPS) is 10.2. The van der Waals surface area contributed by atoms with Gasteiger partial charge in [0, 0.05) is 17.7 Å². The van der Waals surface area contributed by atoms with Gasteiger partial charge in [0.15, 0.2) is 0 Å². The number of aryl methyl sites for hydroxylation is 2. The summed E-state index contributed by atoms with van der Waals surface area (Å²) in [7, 11) is 0. The lowest BCUT2D eigenvalue weighted by Crippen LogP contribution is -2.05. The molecular weight excluding hydrogens is 150 g/mol. The minimum Gasteiger partial charge on any atom is -0.383 e. The van der Waals surface area contributed by atoms with Gasteiger partial charge in [-0.25, -0.2) is 9.97 Å². The van der Waals surface area contributed by atoms with Crippen LogP contribution in [0.5, 0.6) is 0 Å². The fourth-order valence-corrected chi connectivity index (χ4v) is 1.14. The molecular formula is C9H15N3. The van der Waals surface area contributed by atoms with E-state index < -0.39 is 0 Å². The van der Waals surface area contributed by atoms with Crippen LogP contribution in [0.25, 0.3) is 0 Å². The molecule has 0 aliphatic rings. The van der Waals surface area contributed by atoms with Crippen molar-refractivity contribution in [2.75, 3.05) is 5.73 Å². The molecule has 1 aromatic rings. The van der Waals surface area contributed by atoms with Gasteiger partial charge >= 0.3 is 0 Å². The molecule has 1 rings (SSSR count). The molecule has 0 fully saturated rings. The summed E-state index contributed by atoms with van der Waals surface area (Å²) >= 11 is 0. The Bertz CT molecular complexity index is 281. The summed E-state index contributed by atoms with van der Waals surface area (Å²) in [6, 6.07) is 0. The number of hydrogen-bond donors (Lipinski definition) is 1. The third kappa shape index (κ3) is 1.55. The Hall–Kier alpha value is -1.12. The maximum Gasteiger partial charge on any atom is 0.130 e. The maximum absolute atomic E-state index is 5.72. The van der Waals surface area contributed by atoms with Crippen molar-refractivity contribution in [2.45, 2.75) is 33.6 Å². The third-order valence-electron chi connectivity index (χ3n) is 1.98. The molecule has 0 aliphatic carbocycles. The van der Waals surface area contributed by atoms with Crippen LogP contribution in [0.2, 0.25) is 0 Å². The first-order valence-corrected chi connectivity index (χ1v) is 4.30. The van der Waals surface area contributed by atoms with Gasteiger partial charge in [-0.1, -0.05) is 13.8 Å². The second kappa shape index (κ2) is 3.52. The Morgan fingerprint density at radius 2 is 1.83 bits per heavy atom. The largest absolute Gasteiger partial charge is 0.383 e. The van der Waals surface area contributed by atoms with Crippen LogP contribution in [0.1, 0.15) is 30.9 Å². The first-order valence-electron chi connectivity index (χ1n) is 4.30. The quantitative estimate of drug-likeness (QED) is 0.722. The van der Waals surface area contributed by atoms with E-state index in [0.717, 1.165) is 29.9 Å². The van der Waals surface area contributed by atoms with Crippen molar-refractivity contribution in [1.82, 2.24) is 9.97 Å². The lowest BCUT2D eigenvalue weighted by atomic mass is 10.2. The topological polar surface area (TPSA) is 51.8 Å². The van der Waals surface area contributed by atoms with E-state index in [4.69, 9.17) is 5.73 Å². The van der Waals surface area contributed by atoms with Crippen LogP contribution in [-0.2, 0) is 12.8 Å². The summed E-state index contributed by atoms with van der Waals surface area (Å²) in [4.78, 5) is 8.55. The number of rotatable bonds is 2. The van der Waals surface area contributed by atoms with Gasteiger partial charge in [0.2, 0.25) is 0 Å². The van der Waals surface area contributed by atoms with Gasteiger partial charge in [-0.3, -0.25) is 0 Å². The van der Waals surface area contributed by atoms with E-state index >= 15 is 0 Å². The van der Waals surface area contributed by atoms with Crippen LogP contribution in [0.3, 0.4) is 0 Å². The van der Waals surface area contributed by atoms with E-state index in [9.17, 15) is 0 Å². The maximum atomic E-state index is 5.72. The highest BCUT2D eigenvalue weighted by Crippen LogP contribution is 2.12. The molecule has 0 spiro atoms. The molecule has 0 unspecified atom stereocenters. The van der Waals surface area contributed by atoms with Crippen molar-refractivity contribution in [3.8, 4) is 0 Å². The second-order valence-corrected chi connectivity index (χ2v) is 2.80. The molecule has 0 saturated carbocycles. The van der Waals surface area contributed by atoms with Crippen molar-refractivity contribution in [2.24, 2.45) is 0 Å². The van der Waals surface area contributed by atoms with E-state index in [-0.39, 0.29) is 0 Å². The molecule has 1 aromatic heterocycles. The Labute approximate surface area is 73.0 Å². The average molecular weight is 165 g/mol. The fourth-order valence-electron chi connectivity index (χ4n) is 1.14. The predicted molar refractivity (Wildman–Crippen MR) is 49.9 cm³/mol. The summed E-state index contributed by atoms with van der Waals surface area (Å²) in [6.45, 7) is 6.07. The monoisotopic (exact) mass is 165 g/mol. The van der Waals surface area contributed by atoms with Crippen molar-refractivity contribution >= 4 is 5.82 Å². The first-order chi connectivity index (χ1) is 5.69. The highest BCUT2D eigenvalue weighted by molar-refractivity contribution is 5.41. The van der Waals surface area contributed by atoms with Crippen molar-refractivity contribution in [3.63, 3.8) is 0 Å². The lowest BCUT2D eigenvalue weighted by Gasteiger charge is -2.06. The average Bonchev–Trinajstić information content (AvgIpc) is 2.09. The van der Waals surface area contributed by atoms with E-state index in [1.165, 1.54) is 0 Å². The molecule has 3 heteroatoms. The van der Waals surface area contributed by atoms with Crippen LogP contribution in [0.4, 0.5) is 5.82 Å². The molecule has 66 valence electrons. The molecule has 0 saturated heterocycles. The van der Waals surface area contributed by atoms with Crippen LogP contribution < -0.4 is 5.73 Å². The Morgan fingerprint density at radius 3 is 2.33 bits per heavy atom. The standard InChI is InChI=1S/C9H15N3/c1-4-7-6(3)9(10)12-8(5-2)11-7/h4-5H2,1-3H3,(H2,10,11,12). The Morgan fingerprint density at radius 1 is 1.17 bits per heavy atom. The Balaban J connectivity index is 3.19. The molecule has 0 aromatic carbocycles. The van der Waals surface area contributed by atoms with Gasteiger partial charge in [-0.2, -0.15) is 0 Å². The molecule has 0 atom stereocenters. The number of hydrogen-bond acceptors (Lipinski definition) is 3. The smallest absolute Gasteiger partial charge is 0.130 e. The van der Waals surface area contributed by atoms with Crippen molar-refractivity contribution in [1.29, 1.82) is 0 Å². The molecule has 12 heavy (non-hydrogen) atoms. The number of aromatic nitrogens is 2. The van der Waals surface area contributed by atoms with Crippen LogP contribution in [0.15, 0.2) is 0 Å².